The van der Waals surface area contributed by atoms with E-state index in [0.29, 0.717) is 0 Å². The van der Waals surface area contributed by atoms with Gasteiger partial charge in [0.2, 0.25) is 0 Å². The van der Waals surface area contributed by atoms with E-state index < -0.39 is 0 Å². The van der Waals surface area contributed by atoms with Gasteiger partial charge in [-0.2, -0.15) is 0 Å². The van der Waals surface area contributed by atoms with Gasteiger partial charge < -0.3 is 4.90 Å². The summed E-state index contributed by atoms with van der Waals surface area (Å²) in [5.41, 5.74) is 8.90. The summed E-state index contributed by atoms with van der Waals surface area (Å²) in [5.74, 6) is 0. The number of thiophene rings is 2. The van der Waals surface area contributed by atoms with Crippen LogP contribution in [0.4, 0.5) is 17.1 Å². The molecule has 1 aliphatic rings. The summed E-state index contributed by atoms with van der Waals surface area (Å²) < 4.78 is 5.45. The summed E-state index contributed by atoms with van der Waals surface area (Å²) in [5, 5.41) is 5.48. The molecule has 0 saturated carbocycles. The molecule has 6 aromatic carbocycles. The highest BCUT2D eigenvalue weighted by Crippen LogP contribution is 2.52. The molecule has 0 amide bonds. The molecule has 0 saturated heterocycles. The lowest BCUT2D eigenvalue weighted by Crippen LogP contribution is -2.30. The quantitative estimate of drug-likeness (QED) is 0.199. The summed E-state index contributed by atoms with van der Waals surface area (Å²) in [6.45, 7) is 4.68. The molecule has 3 heteroatoms. The third kappa shape index (κ3) is 3.29. The molecule has 0 atom stereocenters. The average Bonchev–Trinajstić information content (AvgIpc) is 3.60. The molecule has 1 aliphatic heterocycles. The Bertz CT molecular complexity index is 2290. The van der Waals surface area contributed by atoms with Crippen LogP contribution in [0.15, 0.2) is 127 Å². The Labute approximate surface area is 252 Å². The molecule has 9 rings (SSSR count). The third-order valence-electron chi connectivity index (χ3n) is 9.08. The van der Waals surface area contributed by atoms with Crippen LogP contribution in [0, 0.1) is 0 Å². The molecule has 2 aromatic heterocycles. The predicted octanol–water partition coefficient (Wildman–Crippen LogP) is 12.2. The van der Waals surface area contributed by atoms with E-state index in [-0.39, 0.29) is 5.41 Å². The van der Waals surface area contributed by atoms with E-state index in [2.05, 4.69) is 146 Å². The van der Waals surface area contributed by atoms with Crippen LogP contribution >= 0.6 is 22.7 Å². The fourth-order valence-electron chi connectivity index (χ4n) is 7.06. The molecule has 0 radical (unpaired) electrons. The zero-order valence-corrected chi connectivity index (χ0v) is 25.0. The van der Waals surface area contributed by atoms with Gasteiger partial charge in [0.1, 0.15) is 0 Å². The number of rotatable bonds is 2. The fourth-order valence-corrected chi connectivity index (χ4v) is 9.52. The second-order valence-electron chi connectivity index (χ2n) is 11.7. The lowest BCUT2D eigenvalue weighted by atomic mass is 9.73. The Kier molecular flexibility index (Phi) is 5.06. The van der Waals surface area contributed by atoms with Crippen LogP contribution in [0.3, 0.4) is 0 Å². The summed E-state index contributed by atoms with van der Waals surface area (Å²) >= 11 is 3.83. The maximum absolute atomic E-state index is 2.43. The number of fused-ring (bicyclic) bond motifs is 9. The molecule has 3 heterocycles. The largest absolute Gasteiger partial charge is 0.310 e. The number of benzene rings is 6. The van der Waals surface area contributed by atoms with E-state index in [9.17, 15) is 0 Å². The zero-order chi connectivity index (χ0) is 28.0. The molecular formula is C39H27NS2. The summed E-state index contributed by atoms with van der Waals surface area (Å²) in [6.07, 6.45) is 0. The first-order chi connectivity index (χ1) is 20.6. The highest BCUT2D eigenvalue weighted by Gasteiger charge is 2.36. The maximum atomic E-state index is 2.43. The topological polar surface area (TPSA) is 3.24 Å². The van der Waals surface area contributed by atoms with E-state index in [1.54, 1.807) is 0 Å². The van der Waals surface area contributed by atoms with Crippen molar-refractivity contribution in [2.24, 2.45) is 0 Å². The molecule has 0 unspecified atom stereocenters. The summed E-state index contributed by atoms with van der Waals surface area (Å²) in [7, 11) is 0. The lowest BCUT2D eigenvalue weighted by molar-refractivity contribution is 0.632. The van der Waals surface area contributed by atoms with Gasteiger partial charge in [-0.3, -0.25) is 0 Å². The van der Waals surface area contributed by atoms with E-state index in [1.165, 1.54) is 79.7 Å². The van der Waals surface area contributed by atoms with Gasteiger partial charge in [-0.1, -0.05) is 98.8 Å². The van der Waals surface area contributed by atoms with Gasteiger partial charge in [0.15, 0.2) is 0 Å². The Morgan fingerprint density at radius 2 is 1.14 bits per heavy atom. The Hall–Kier alpha value is -4.44. The minimum atomic E-state index is -0.0583. The van der Waals surface area contributed by atoms with Crippen molar-refractivity contribution in [2.75, 3.05) is 4.90 Å². The van der Waals surface area contributed by atoms with Crippen LogP contribution in [-0.2, 0) is 5.41 Å². The lowest BCUT2D eigenvalue weighted by Gasteiger charge is -2.42. The van der Waals surface area contributed by atoms with Crippen molar-refractivity contribution in [1.29, 1.82) is 0 Å². The van der Waals surface area contributed by atoms with Gasteiger partial charge >= 0.3 is 0 Å². The molecule has 0 fully saturated rings. The van der Waals surface area contributed by atoms with E-state index >= 15 is 0 Å². The van der Waals surface area contributed by atoms with Crippen LogP contribution in [0.2, 0.25) is 0 Å². The number of hydrogen-bond donors (Lipinski definition) is 0. The molecule has 42 heavy (non-hydrogen) atoms. The molecule has 1 nitrogen and oxygen atoms in total. The fraction of sp³-hybridized carbons (Fsp3) is 0.0769. The van der Waals surface area contributed by atoms with Crippen molar-refractivity contribution in [1.82, 2.24) is 0 Å². The highest BCUT2D eigenvalue weighted by atomic mass is 32.1. The van der Waals surface area contributed by atoms with Gasteiger partial charge in [0.05, 0.1) is 11.4 Å². The number of anilines is 3. The molecule has 0 N–H and O–H groups in total. The first-order valence-corrected chi connectivity index (χ1v) is 16.1. The highest BCUT2D eigenvalue weighted by molar-refractivity contribution is 7.29. The molecule has 0 aliphatic carbocycles. The second kappa shape index (κ2) is 8.78. The van der Waals surface area contributed by atoms with E-state index in [1.807, 2.05) is 22.7 Å². The first-order valence-electron chi connectivity index (χ1n) is 14.4. The van der Waals surface area contributed by atoms with Crippen LogP contribution in [0.1, 0.15) is 25.0 Å². The Balaban J connectivity index is 1.23. The van der Waals surface area contributed by atoms with E-state index in [4.69, 9.17) is 0 Å². The Morgan fingerprint density at radius 1 is 0.500 bits per heavy atom. The van der Waals surface area contributed by atoms with Crippen LogP contribution in [0.5, 0.6) is 0 Å². The SMILES string of the molecule is CC1(C)c2ccccc2N(c2ccc(-c3cccc4sc5ccc6c7ccccc7sc6c5c34)cc2)c2ccccc21. The third-order valence-corrected chi connectivity index (χ3v) is 11.4. The molecule has 0 spiro atoms. The number of para-hydroxylation sites is 2. The zero-order valence-electron chi connectivity index (χ0n) is 23.4. The number of nitrogens with zero attached hydrogens (tertiary/aromatic N) is 1. The summed E-state index contributed by atoms with van der Waals surface area (Å²) in [4.78, 5) is 2.43. The van der Waals surface area contributed by atoms with E-state index in [0.717, 1.165) is 0 Å². The smallest absolute Gasteiger partial charge is 0.0502 e. The molecular weight excluding hydrogens is 547 g/mol. The minimum absolute atomic E-state index is 0.0583. The van der Waals surface area contributed by atoms with Crippen LogP contribution in [-0.4, -0.2) is 0 Å². The normalized spacial score (nSPS) is 14.1. The van der Waals surface area contributed by atoms with Gasteiger partial charge in [0, 0.05) is 51.4 Å². The number of hydrogen-bond acceptors (Lipinski definition) is 3. The van der Waals surface area contributed by atoms with Gasteiger partial charge in [-0.05, 0) is 64.7 Å². The monoisotopic (exact) mass is 573 g/mol. The standard InChI is InChI=1S/C39H27NS2/c1-39(2)29-12-4-6-14-31(29)40(32-15-7-5-13-30(32)39)25-20-18-24(19-21-25)26-11-9-17-34-36(26)37-35(41-34)23-22-28-27-10-3-8-16-33(27)42-38(28)37/h3-23H,1-2H3. The van der Waals surface area contributed by atoms with Crippen molar-refractivity contribution in [3.63, 3.8) is 0 Å². The van der Waals surface area contributed by atoms with Crippen molar-refractivity contribution in [3.05, 3.63) is 139 Å². The van der Waals surface area contributed by atoms with Gasteiger partial charge in [-0.25, -0.2) is 0 Å². The van der Waals surface area contributed by atoms with Crippen molar-refractivity contribution in [3.8, 4) is 11.1 Å². The average molecular weight is 574 g/mol. The first kappa shape index (κ1) is 24.2. The predicted molar refractivity (Wildman–Crippen MR) is 184 cm³/mol. The molecule has 200 valence electrons. The van der Waals surface area contributed by atoms with Crippen molar-refractivity contribution < 1.29 is 0 Å². The molecule has 0 bridgehead atoms. The maximum Gasteiger partial charge on any atom is 0.0502 e. The van der Waals surface area contributed by atoms with Crippen molar-refractivity contribution in [2.45, 2.75) is 19.3 Å². The van der Waals surface area contributed by atoms with Crippen LogP contribution in [0.25, 0.3) is 51.5 Å². The van der Waals surface area contributed by atoms with Gasteiger partial charge in [0.25, 0.3) is 0 Å². The molecule has 8 aromatic rings. The summed E-state index contributed by atoms with van der Waals surface area (Å²) in [6, 6.07) is 47.1. The van der Waals surface area contributed by atoms with Crippen molar-refractivity contribution >= 4 is 80.1 Å². The van der Waals surface area contributed by atoms with Gasteiger partial charge in [-0.15, -0.1) is 22.7 Å². The second-order valence-corrected chi connectivity index (χ2v) is 13.9. The van der Waals surface area contributed by atoms with Crippen LogP contribution < -0.4 is 4.90 Å². The Morgan fingerprint density at radius 3 is 1.90 bits per heavy atom. The minimum Gasteiger partial charge on any atom is -0.310 e.